The number of hydrogen-bond acceptors (Lipinski definition) is 3. The fraction of sp³-hybridized carbons (Fsp3) is 0.316. The Labute approximate surface area is 149 Å². The first-order valence-corrected chi connectivity index (χ1v) is 9.89. The molecule has 0 heterocycles. The number of benzene rings is 2. The quantitative estimate of drug-likeness (QED) is 0.780. The summed E-state index contributed by atoms with van der Waals surface area (Å²) in [5, 5.41) is 2.78. The third kappa shape index (κ3) is 4.90. The molecule has 6 heteroatoms. The van der Waals surface area contributed by atoms with Gasteiger partial charge in [0.1, 0.15) is 0 Å². The average molecular weight is 360 g/mol. The highest BCUT2D eigenvalue weighted by Gasteiger charge is 2.22. The summed E-state index contributed by atoms with van der Waals surface area (Å²) in [5.74, 6) is -0.270. The van der Waals surface area contributed by atoms with Gasteiger partial charge in [-0.3, -0.25) is 4.79 Å². The third-order valence-electron chi connectivity index (χ3n) is 3.90. The summed E-state index contributed by atoms with van der Waals surface area (Å²) in [6.07, 6.45) is 1.76. The number of para-hydroxylation sites is 1. The number of carbonyl (C=O) groups excluding carboxylic acids is 1. The first-order valence-electron chi connectivity index (χ1n) is 8.45. The average Bonchev–Trinajstić information content (AvgIpc) is 2.63. The van der Waals surface area contributed by atoms with Crippen molar-refractivity contribution in [3.63, 3.8) is 0 Å². The second kappa shape index (κ2) is 8.78. The molecule has 0 aliphatic carbocycles. The molecule has 0 radical (unpaired) electrons. The van der Waals surface area contributed by atoms with Crippen LogP contribution in [-0.4, -0.2) is 31.7 Å². The summed E-state index contributed by atoms with van der Waals surface area (Å²) in [4.78, 5) is 12.4. The summed E-state index contributed by atoms with van der Waals surface area (Å²) < 4.78 is 26.8. The highest BCUT2D eigenvalue weighted by Crippen LogP contribution is 2.18. The van der Waals surface area contributed by atoms with Crippen LogP contribution in [0.5, 0.6) is 0 Å². The molecule has 25 heavy (non-hydrogen) atoms. The molecule has 0 unspecified atom stereocenters. The Morgan fingerprint density at radius 1 is 1.00 bits per heavy atom. The molecule has 134 valence electrons. The monoisotopic (exact) mass is 360 g/mol. The van der Waals surface area contributed by atoms with Crippen LogP contribution >= 0.6 is 0 Å². The molecule has 1 N–H and O–H groups in total. The van der Waals surface area contributed by atoms with E-state index in [9.17, 15) is 13.2 Å². The molecule has 5 nitrogen and oxygen atoms in total. The lowest BCUT2D eigenvalue weighted by molar-refractivity contribution is 0.102. The minimum Gasteiger partial charge on any atom is -0.322 e. The van der Waals surface area contributed by atoms with Crippen LogP contribution in [-0.2, 0) is 10.0 Å². The fourth-order valence-electron chi connectivity index (χ4n) is 2.43. The van der Waals surface area contributed by atoms with Gasteiger partial charge in [-0.1, -0.05) is 38.5 Å². The van der Waals surface area contributed by atoms with Gasteiger partial charge in [-0.05, 0) is 42.8 Å². The molecule has 2 rings (SSSR count). The summed E-state index contributed by atoms with van der Waals surface area (Å²) in [6, 6.07) is 15.2. The number of nitrogens with zero attached hydrogens (tertiary/aromatic N) is 1. The van der Waals surface area contributed by atoms with Crippen molar-refractivity contribution < 1.29 is 13.2 Å². The summed E-state index contributed by atoms with van der Waals surface area (Å²) in [7, 11) is -3.52. The number of hydrogen-bond donors (Lipinski definition) is 1. The topological polar surface area (TPSA) is 66.5 Å². The van der Waals surface area contributed by atoms with Crippen LogP contribution in [0.2, 0.25) is 0 Å². The van der Waals surface area contributed by atoms with Crippen LogP contribution in [0.3, 0.4) is 0 Å². The van der Waals surface area contributed by atoms with Crippen LogP contribution in [0.1, 0.15) is 37.0 Å². The van der Waals surface area contributed by atoms with Crippen LogP contribution in [0.4, 0.5) is 5.69 Å². The van der Waals surface area contributed by atoms with Crippen LogP contribution < -0.4 is 5.32 Å². The van der Waals surface area contributed by atoms with Crippen molar-refractivity contribution in [3.05, 3.63) is 60.2 Å². The van der Waals surface area contributed by atoms with Crippen LogP contribution in [0.25, 0.3) is 0 Å². The zero-order chi connectivity index (χ0) is 18.3. The van der Waals surface area contributed by atoms with Gasteiger partial charge in [0.25, 0.3) is 5.91 Å². The number of rotatable bonds is 8. The number of carbonyl (C=O) groups is 1. The number of unbranched alkanes of at least 4 members (excludes halogenated alkanes) is 1. The van der Waals surface area contributed by atoms with E-state index in [4.69, 9.17) is 0 Å². The lowest BCUT2D eigenvalue weighted by Crippen LogP contribution is -2.31. The molecule has 1 amide bonds. The van der Waals surface area contributed by atoms with Crippen LogP contribution in [0.15, 0.2) is 59.5 Å². The Bertz CT molecular complexity index is 787. The Kier molecular flexibility index (Phi) is 6.73. The fourth-order valence-corrected chi connectivity index (χ4v) is 3.92. The Balaban J connectivity index is 2.14. The molecule has 0 aliphatic rings. The van der Waals surface area contributed by atoms with Gasteiger partial charge in [-0.15, -0.1) is 0 Å². The number of amides is 1. The highest BCUT2D eigenvalue weighted by molar-refractivity contribution is 7.89. The van der Waals surface area contributed by atoms with Gasteiger partial charge in [-0.25, -0.2) is 8.42 Å². The molecule has 2 aromatic rings. The minimum absolute atomic E-state index is 0.210. The van der Waals surface area contributed by atoms with E-state index in [0.29, 0.717) is 24.3 Å². The summed E-state index contributed by atoms with van der Waals surface area (Å²) in [6.45, 7) is 4.79. The predicted octanol–water partition coefficient (Wildman–Crippen LogP) is 3.75. The van der Waals surface area contributed by atoms with Crippen molar-refractivity contribution >= 4 is 21.6 Å². The lowest BCUT2D eigenvalue weighted by atomic mass is 10.2. The molecule has 0 spiro atoms. The van der Waals surface area contributed by atoms with E-state index < -0.39 is 10.0 Å². The molecule has 0 bridgehead atoms. The van der Waals surface area contributed by atoms with E-state index in [1.165, 1.54) is 16.4 Å². The van der Waals surface area contributed by atoms with Gasteiger partial charge >= 0.3 is 0 Å². The second-order valence-corrected chi connectivity index (χ2v) is 7.63. The van der Waals surface area contributed by atoms with Gasteiger partial charge in [0.2, 0.25) is 10.0 Å². The minimum atomic E-state index is -3.52. The maximum atomic E-state index is 12.7. The Hall–Kier alpha value is -2.18. The largest absolute Gasteiger partial charge is 0.322 e. The van der Waals surface area contributed by atoms with Gasteiger partial charge < -0.3 is 5.32 Å². The molecule has 0 saturated carbocycles. The highest BCUT2D eigenvalue weighted by atomic mass is 32.2. The van der Waals surface area contributed by atoms with Gasteiger partial charge in [0.15, 0.2) is 0 Å². The van der Waals surface area contributed by atoms with E-state index in [1.54, 1.807) is 24.3 Å². The first kappa shape index (κ1) is 19.1. The van der Waals surface area contributed by atoms with Crippen LogP contribution in [0, 0.1) is 0 Å². The maximum Gasteiger partial charge on any atom is 0.255 e. The SMILES string of the molecule is CCCCN(CC)S(=O)(=O)c1ccc(C(=O)Nc2ccccc2)cc1. The zero-order valence-corrected chi connectivity index (χ0v) is 15.4. The zero-order valence-electron chi connectivity index (χ0n) is 14.6. The molecule has 0 atom stereocenters. The number of nitrogens with one attached hydrogen (secondary N) is 1. The van der Waals surface area contributed by atoms with E-state index in [2.05, 4.69) is 5.32 Å². The molecular weight excluding hydrogens is 336 g/mol. The third-order valence-corrected chi connectivity index (χ3v) is 5.89. The number of sulfonamides is 1. The molecule has 0 saturated heterocycles. The maximum absolute atomic E-state index is 12.7. The van der Waals surface area contributed by atoms with Crippen molar-refractivity contribution in [2.45, 2.75) is 31.6 Å². The van der Waals surface area contributed by atoms with E-state index in [1.807, 2.05) is 32.0 Å². The Morgan fingerprint density at radius 3 is 2.20 bits per heavy atom. The Morgan fingerprint density at radius 2 is 1.64 bits per heavy atom. The van der Waals surface area contributed by atoms with Crippen molar-refractivity contribution in [3.8, 4) is 0 Å². The lowest BCUT2D eigenvalue weighted by Gasteiger charge is -2.20. The molecular formula is C19H24N2O3S. The van der Waals surface area contributed by atoms with E-state index in [0.717, 1.165) is 12.8 Å². The molecule has 0 aromatic heterocycles. The van der Waals surface area contributed by atoms with Crippen molar-refractivity contribution in [1.82, 2.24) is 4.31 Å². The first-order chi connectivity index (χ1) is 12.0. The van der Waals surface area contributed by atoms with Crippen molar-refractivity contribution in [2.24, 2.45) is 0 Å². The smallest absolute Gasteiger partial charge is 0.255 e. The summed E-state index contributed by atoms with van der Waals surface area (Å²) in [5.41, 5.74) is 1.11. The van der Waals surface area contributed by atoms with E-state index in [-0.39, 0.29) is 10.8 Å². The van der Waals surface area contributed by atoms with Gasteiger partial charge in [0.05, 0.1) is 4.90 Å². The number of anilines is 1. The normalized spacial score (nSPS) is 11.5. The van der Waals surface area contributed by atoms with Crippen molar-refractivity contribution in [2.75, 3.05) is 18.4 Å². The molecule has 0 aliphatic heterocycles. The molecule has 2 aromatic carbocycles. The second-order valence-electron chi connectivity index (χ2n) is 5.69. The predicted molar refractivity (Wildman–Crippen MR) is 100 cm³/mol. The standard InChI is InChI=1S/C19H24N2O3S/c1-3-5-15-21(4-2)25(23,24)18-13-11-16(12-14-18)19(22)20-17-9-7-6-8-10-17/h6-14H,3-5,15H2,1-2H3,(H,20,22). The van der Waals surface area contributed by atoms with Gasteiger partial charge in [0, 0.05) is 24.3 Å². The van der Waals surface area contributed by atoms with E-state index >= 15 is 0 Å². The van der Waals surface area contributed by atoms with Crippen molar-refractivity contribution in [1.29, 1.82) is 0 Å². The summed E-state index contributed by atoms with van der Waals surface area (Å²) >= 11 is 0. The molecule has 0 fully saturated rings. The van der Waals surface area contributed by atoms with Gasteiger partial charge in [-0.2, -0.15) is 4.31 Å².